The molecule has 34 heavy (non-hydrogen) atoms. The summed E-state index contributed by atoms with van der Waals surface area (Å²) in [6.07, 6.45) is 10.8. The molecular formula is C25H29ClN6O2. The van der Waals surface area contributed by atoms with Crippen LogP contribution in [0.3, 0.4) is 0 Å². The molecule has 0 aliphatic heterocycles. The molecule has 0 unspecified atom stereocenters. The number of aromatic nitrogens is 4. The maximum absolute atomic E-state index is 12.5. The molecule has 1 saturated carbocycles. The summed E-state index contributed by atoms with van der Waals surface area (Å²) in [7, 11) is 0. The molecule has 0 atom stereocenters. The minimum absolute atomic E-state index is 0.0625. The van der Waals surface area contributed by atoms with Crippen LogP contribution in [0, 0.1) is 13.8 Å². The average Bonchev–Trinajstić information content (AvgIpc) is 3.51. The molecule has 178 valence electrons. The highest BCUT2D eigenvalue weighted by Gasteiger charge is 2.17. The van der Waals surface area contributed by atoms with Gasteiger partial charge in [0.1, 0.15) is 6.54 Å². The van der Waals surface area contributed by atoms with Crippen LogP contribution in [0.2, 0.25) is 5.02 Å². The number of halogens is 1. The molecule has 1 fully saturated rings. The minimum Gasteiger partial charge on any atom is -0.352 e. The van der Waals surface area contributed by atoms with Gasteiger partial charge in [-0.1, -0.05) is 42.6 Å². The predicted molar refractivity (Wildman–Crippen MR) is 133 cm³/mol. The van der Waals surface area contributed by atoms with E-state index >= 15 is 0 Å². The first-order valence-corrected chi connectivity index (χ1v) is 11.8. The third kappa shape index (κ3) is 5.94. The molecule has 4 rings (SSSR count). The first kappa shape index (κ1) is 23.8. The van der Waals surface area contributed by atoms with Gasteiger partial charge in [-0.15, -0.1) is 0 Å². The van der Waals surface area contributed by atoms with Gasteiger partial charge in [-0.3, -0.25) is 19.0 Å². The summed E-state index contributed by atoms with van der Waals surface area (Å²) in [4.78, 5) is 24.6. The molecular weight excluding hydrogens is 452 g/mol. The van der Waals surface area contributed by atoms with E-state index in [4.69, 9.17) is 11.6 Å². The van der Waals surface area contributed by atoms with Crippen molar-refractivity contribution in [1.29, 1.82) is 0 Å². The smallest absolute Gasteiger partial charge is 0.248 e. The molecule has 1 aliphatic carbocycles. The lowest BCUT2D eigenvalue weighted by Crippen LogP contribution is -2.35. The van der Waals surface area contributed by atoms with E-state index in [0.29, 0.717) is 17.3 Å². The number of nitrogens with zero attached hydrogens (tertiary/aromatic N) is 4. The SMILES string of the molecule is Cc1nn(Cc2ccccc2Cl)c(C)c1/C=C/C(=O)Nc1cnn(CC(=O)NC2CCCC2)c1. The van der Waals surface area contributed by atoms with E-state index in [2.05, 4.69) is 20.8 Å². The van der Waals surface area contributed by atoms with Crippen LogP contribution in [0.15, 0.2) is 42.7 Å². The summed E-state index contributed by atoms with van der Waals surface area (Å²) in [5.74, 6) is -0.347. The molecule has 9 heteroatoms. The van der Waals surface area contributed by atoms with E-state index in [1.165, 1.54) is 17.0 Å². The van der Waals surface area contributed by atoms with Gasteiger partial charge in [-0.25, -0.2) is 0 Å². The number of nitrogens with one attached hydrogen (secondary N) is 2. The van der Waals surface area contributed by atoms with Crippen molar-refractivity contribution in [2.75, 3.05) is 5.32 Å². The van der Waals surface area contributed by atoms with E-state index in [-0.39, 0.29) is 24.4 Å². The van der Waals surface area contributed by atoms with Gasteiger partial charge in [0.05, 0.1) is 24.1 Å². The van der Waals surface area contributed by atoms with Crippen LogP contribution in [0.4, 0.5) is 5.69 Å². The average molecular weight is 481 g/mol. The number of hydrogen-bond donors (Lipinski definition) is 2. The number of amides is 2. The van der Waals surface area contributed by atoms with Crippen molar-refractivity contribution in [3.05, 3.63) is 70.3 Å². The van der Waals surface area contributed by atoms with Crippen LogP contribution >= 0.6 is 11.6 Å². The fourth-order valence-corrected chi connectivity index (χ4v) is 4.44. The van der Waals surface area contributed by atoms with Crippen LogP contribution in [0.1, 0.15) is 48.2 Å². The zero-order chi connectivity index (χ0) is 24.1. The highest BCUT2D eigenvalue weighted by atomic mass is 35.5. The van der Waals surface area contributed by atoms with Gasteiger partial charge in [0.2, 0.25) is 11.8 Å². The quantitative estimate of drug-likeness (QED) is 0.474. The second kappa shape index (κ2) is 10.7. The zero-order valence-corrected chi connectivity index (χ0v) is 20.2. The molecule has 1 aliphatic rings. The van der Waals surface area contributed by atoms with Gasteiger partial charge in [-0.05, 0) is 44.4 Å². The number of carbonyl (C=O) groups excluding carboxylic acids is 2. The second-order valence-electron chi connectivity index (χ2n) is 8.63. The van der Waals surface area contributed by atoms with Gasteiger partial charge in [0.15, 0.2) is 0 Å². The normalized spacial score (nSPS) is 14.1. The molecule has 2 aromatic heterocycles. The number of hydrogen-bond acceptors (Lipinski definition) is 4. The summed E-state index contributed by atoms with van der Waals surface area (Å²) in [5.41, 5.74) is 4.18. The van der Waals surface area contributed by atoms with Gasteiger partial charge >= 0.3 is 0 Å². The van der Waals surface area contributed by atoms with E-state index in [0.717, 1.165) is 48.2 Å². The van der Waals surface area contributed by atoms with Crippen LogP contribution in [-0.4, -0.2) is 37.4 Å². The van der Waals surface area contributed by atoms with Crippen molar-refractivity contribution in [2.24, 2.45) is 0 Å². The van der Waals surface area contributed by atoms with Gasteiger partial charge < -0.3 is 10.6 Å². The van der Waals surface area contributed by atoms with Crippen molar-refractivity contribution in [2.45, 2.75) is 58.7 Å². The monoisotopic (exact) mass is 480 g/mol. The van der Waals surface area contributed by atoms with Gasteiger partial charge in [0, 0.05) is 34.6 Å². The Bertz CT molecular complexity index is 1210. The maximum atomic E-state index is 12.5. The first-order valence-electron chi connectivity index (χ1n) is 11.5. The molecule has 2 N–H and O–H groups in total. The van der Waals surface area contributed by atoms with Crippen LogP contribution < -0.4 is 10.6 Å². The van der Waals surface area contributed by atoms with Gasteiger partial charge in [-0.2, -0.15) is 10.2 Å². The van der Waals surface area contributed by atoms with Crippen molar-refractivity contribution in [3.63, 3.8) is 0 Å². The second-order valence-corrected chi connectivity index (χ2v) is 9.04. The molecule has 0 bridgehead atoms. The predicted octanol–water partition coefficient (Wildman–Crippen LogP) is 4.11. The van der Waals surface area contributed by atoms with Crippen molar-refractivity contribution in [3.8, 4) is 0 Å². The number of rotatable bonds is 8. The Morgan fingerprint density at radius 3 is 2.74 bits per heavy atom. The summed E-state index contributed by atoms with van der Waals surface area (Å²) >= 11 is 6.28. The first-order chi connectivity index (χ1) is 16.4. The Balaban J connectivity index is 1.34. The number of carbonyl (C=O) groups is 2. The molecule has 0 spiro atoms. The highest BCUT2D eigenvalue weighted by Crippen LogP contribution is 2.20. The van der Waals surface area contributed by atoms with Crippen LogP contribution in [0.25, 0.3) is 6.08 Å². The number of benzene rings is 1. The molecule has 0 radical (unpaired) electrons. The topological polar surface area (TPSA) is 93.8 Å². The minimum atomic E-state index is -0.285. The van der Waals surface area contributed by atoms with Crippen LogP contribution in [0.5, 0.6) is 0 Å². The largest absolute Gasteiger partial charge is 0.352 e. The molecule has 2 amide bonds. The zero-order valence-electron chi connectivity index (χ0n) is 19.4. The fourth-order valence-electron chi connectivity index (χ4n) is 4.24. The van der Waals surface area contributed by atoms with Crippen molar-refractivity contribution < 1.29 is 9.59 Å². The van der Waals surface area contributed by atoms with Crippen molar-refractivity contribution in [1.82, 2.24) is 24.9 Å². The Hall–Kier alpha value is -3.39. The van der Waals surface area contributed by atoms with E-state index in [1.807, 2.05) is 42.8 Å². The fraction of sp³-hybridized carbons (Fsp3) is 0.360. The maximum Gasteiger partial charge on any atom is 0.248 e. The third-order valence-electron chi connectivity index (χ3n) is 6.04. The van der Waals surface area contributed by atoms with E-state index in [1.54, 1.807) is 12.3 Å². The Morgan fingerprint density at radius 1 is 1.21 bits per heavy atom. The van der Waals surface area contributed by atoms with Gasteiger partial charge in [0.25, 0.3) is 0 Å². The van der Waals surface area contributed by atoms with E-state index < -0.39 is 0 Å². The standard InChI is InChI=1S/C25H29ClN6O2/c1-17-22(18(2)32(30-17)14-19-7-3-6-10-23(19)26)11-12-24(33)29-21-13-27-31(15-21)16-25(34)28-20-8-4-5-9-20/h3,6-7,10-13,15,20H,4-5,8-9,14,16H2,1-2H3,(H,28,34)(H,29,33)/b12-11+. The van der Waals surface area contributed by atoms with Crippen LogP contribution in [-0.2, 0) is 22.7 Å². The lowest BCUT2D eigenvalue weighted by atomic mass is 10.1. The number of aryl methyl sites for hydroxylation is 1. The molecule has 3 aromatic rings. The molecule has 1 aromatic carbocycles. The lowest BCUT2D eigenvalue weighted by Gasteiger charge is -2.11. The Morgan fingerprint density at radius 2 is 1.97 bits per heavy atom. The Kier molecular flexibility index (Phi) is 7.47. The molecule has 0 saturated heterocycles. The van der Waals surface area contributed by atoms with E-state index in [9.17, 15) is 9.59 Å². The highest BCUT2D eigenvalue weighted by molar-refractivity contribution is 6.31. The summed E-state index contributed by atoms with van der Waals surface area (Å²) in [6.45, 7) is 4.56. The summed E-state index contributed by atoms with van der Waals surface area (Å²) in [6, 6.07) is 7.95. The summed E-state index contributed by atoms with van der Waals surface area (Å²) in [5, 5.41) is 15.3. The molecule has 2 heterocycles. The third-order valence-corrected chi connectivity index (χ3v) is 6.41. The number of anilines is 1. The molecule has 8 nitrogen and oxygen atoms in total. The van der Waals surface area contributed by atoms with Crippen molar-refractivity contribution >= 4 is 35.2 Å². The Labute approximate surface area is 204 Å². The summed E-state index contributed by atoms with van der Waals surface area (Å²) < 4.78 is 3.41. The lowest BCUT2D eigenvalue weighted by molar-refractivity contribution is -0.122.